The highest BCUT2D eigenvalue weighted by Gasteiger charge is 2.21. The SMILES string of the molecule is CCOc1ccc(N(Cc2cc3cccc(C)c3[nH]c2=O)C(=O)C(C)C)cc1. The molecule has 0 aliphatic heterocycles. The highest BCUT2D eigenvalue weighted by molar-refractivity contribution is 5.94. The van der Waals surface area contributed by atoms with E-state index in [4.69, 9.17) is 4.74 Å². The van der Waals surface area contributed by atoms with Crippen LogP contribution in [0.15, 0.2) is 53.3 Å². The lowest BCUT2D eigenvalue weighted by Gasteiger charge is -2.25. The monoisotopic (exact) mass is 378 g/mol. The van der Waals surface area contributed by atoms with Crippen molar-refractivity contribution in [2.75, 3.05) is 11.5 Å². The molecule has 2 aromatic carbocycles. The Morgan fingerprint density at radius 3 is 2.50 bits per heavy atom. The number of H-pyrrole nitrogens is 1. The van der Waals surface area contributed by atoms with E-state index in [0.29, 0.717) is 12.2 Å². The Hall–Kier alpha value is -3.08. The predicted octanol–water partition coefficient (Wildman–Crippen LogP) is 4.42. The first-order valence-corrected chi connectivity index (χ1v) is 9.56. The number of fused-ring (bicyclic) bond motifs is 1. The third-order valence-electron chi connectivity index (χ3n) is 4.71. The molecule has 3 rings (SSSR count). The molecule has 146 valence electrons. The van der Waals surface area contributed by atoms with Gasteiger partial charge < -0.3 is 14.6 Å². The molecule has 0 fully saturated rings. The topological polar surface area (TPSA) is 62.4 Å². The Morgan fingerprint density at radius 2 is 1.86 bits per heavy atom. The summed E-state index contributed by atoms with van der Waals surface area (Å²) in [5, 5.41) is 0.957. The lowest BCUT2D eigenvalue weighted by atomic mass is 10.1. The van der Waals surface area contributed by atoms with Crippen LogP contribution in [-0.2, 0) is 11.3 Å². The summed E-state index contributed by atoms with van der Waals surface area (Å²) in [6.07, 6.45) is 0. The van der Waals surface area contributed by atoms with Crippen LogP contribution in [0.3, 0.4) is 0 Å². The zero-order valence-electron chi connectivity index (χ0n) is 16.8. The fourth-order valence-electron chi connectivity index (χ4n) is 3.21. The number of anilines is 1. The lowest BCUT2D eigenvalue weighted by molar-refractivity contribution is -0.121. The molecule has 5 heteroatoms. The second-order valence-electron chi connectivity index (χ2n) is 7.17. The number of amides is 1. The van der Waals surface area contributed by atoms with Gasteiger partial charge in [-0.1, -0.05) is 32.0 Å². The molecular formula is C23H26N2O3. The molecule has 5 nitrogen and oxygen atoms in total. The molecule has 0 atom stereocenters. The first kappa shape index (κ1) is 19.7. The molecule has 3 aromatic rings. The van der Waals surface area contributed by atoms with E-state index in [1.165, 1.54) is 0 Å². The van der Waals surface area contributed by atoms with Gasteiger partial charge in [-0.25, -0.2) is 0 Å². The van der Waals surface area contributed by atoms with E-state index in [-0.39, 0.29) is 23.9 Å². The van der Waals surface area contributed by atoms with Gasteiger partial charge >= 0.3 is 0 Å². The highest BCUT2D eigenvalue weighted by atomic mass is 16.5. The van der Waals surface area contributed by atoms with E-state index >= 15 is 0 Å². The summed E-state index contributed by atoms with van der Waals surface area (Å²) in [7, 11) is 0. The van der Waals surface area contributed by atoms with E-state index in [2.05, 4.69) is 4.98 Å². The van der Waals surface area contributed by atoms with Gasteiger partial charge in [0.2, 0.25) is 5.91 Å². The van der Waals surface area contributed by atoms with Crippen molar-refractivity contribution in [3.8, 4) is 5.75 Å². The summed E-state index contributed by atoms with van der Waals surface area (Å²) in [5.41, 5.74) is 2.97. The molecule has 1 aromatic heterocycles. The van der Waals surface area contributed by atoms with Crippen molar-refractivity contribution in [2.45, 2.75) is 34.2 Å². The molecule has 1 heterocycles. The van der Waals surface area contributed by atoms with E-state index < -0.39 is 0 Å². The number of nitrogens with one attached hydrogen (secondary N) is 1. The summed E-state index contributed by atoms with van der Waals surface area (Å²) >= 11 is 0. The van der Waals surface area contributed by atoms with Crippen molar-refractivity contribution in [3.63, 3.8) is 0 Å². The Bertz CT molecular complexity index is 1040. The molecule has 1 N–H and O–H groups in total. The molecule has 0 aliphatic rings. The Morgan fingerprint density at radius 1 is 1.14 bits per heavy atom. The minimum atomic E-state index is -0.187. The number of hydrogen-bond donors (Lipinski definition) is 1. The normalized spacial score (nSPS) is 11.0. The average molecular weight is 378 g/mol. The van der Waals surface area contributed by atoms with Gasteiger partial charge in [0.25, 0.3) is 5.56 Å². The van der Waals surface area contributed by atoms with Crippen LogP contribution in [0, 0.1) is 12.8 Å². The highest BCUT2D eigenvalue weighted by Crippen LogP contribution is 2.23. The van der Waals surface area contributed by atoms with Gasteiger partial charge in [0, 0.05) is 17.2 Å². The molecule has 0 unspecified atom stereocenters. The summed E-state index contributed by atoms with van der Waals surface area (Å²) in [4.78, 5) is 30.2. The van der Waals surface area contributed by atoms with Gasteiger partial charge in [-0.05, 0) is 55.1 Å². The van der Waals surface area contributed by atoms with Crippen molar-refractivity contribution in [3.05, 3.63) is 70.0 Å². The van der Waals surface area contributed by atoms with Crippen molar-refractivity contribution < 1.29 is 9.53 Å². The molecule has 0 spiro atoms. The smallest absolute Gasteiger partial charge is 0.253 e. The van der Waals surface area contributed by atoms with Gasteiger partial charge in [-0.15, -0.1) is 0 Å². The largest absolute Gasteiger partial charge is 0.494 e. The maximum atomic E-state index is 12.9. The van der Waals surface area contributed by atoms with Crippen LogP contribution in [0.25, 0.3) is 10.9 Å². The van der Waals surface area contributed by atoms with Crippen LogP contribution in [0.5, 0.6) is 5.75 Å². The molecule has 0 radical (unpaired) electrons. The van der Waals surface area contributed by atoms with Gasteiger partial charge in [0.1, 0.15) is 5.75 Å². The van der Waals surface area contributed by atoms with Gasteiger partial charge in [0.05, 0.1) is 18.7 Å². The number of nitrogens with zero attached hydrogens (tertiary/aromatic N) is 1. The fourth-order valence-corrected chi connectivity index (χ4v) is 3.21. The number of aryl methyl sites for hydroxylation is 1. The molecule has 0 saturated heterocycles. The van der Waals surface area contributed by atoms with Crippen molar-refractivity contribution in [1.29, 1.82) is 0 Å². The molecule has 28 heavy (non-hydrogen) atoms. The molecular weight excluding hydrogens is 352 g/mol. The molecule has 0 aliphatic carbocycles. The Labute approximate surface area is 165 Å². The summed E-state index contributed by atoms with van der Waals surface area (Å²) in [6, 6.07) is 15.1. The Kier molecular flexibility index (Phi) is 5.83. The second-order valence-corrected chi connectivity index (χ2v) is 7.17. The quantitative estimate of drug-likeness (QED) is 0.690. The van der Waals surface area contributed by atoms with Crippen molar-refractivity contribution in [1.82, 2.24) is 4.98 Å². The number of rotatable bonds is 6. The van der Waals surface area contributed by atoms with Crippen LogP contribution in [0.2, 0.25) is 0 Å². The van der Waals surface area contributed by atoms with Crippen LogP contribution in [-0.4, -0.2) is 17.5 Å². The first-order chi connectivity index (χ1) is 13.4. The number of carbonyl (C=O) groups is 1. The summed E-state index contributed by atoms with van der Waals surface area (Å²) in [6.45, 7) is 8.41. The predicted molar refractivity (Wildman–Crippen MR) is 113 cm³/mol. The number of aromatic nitrogens is 1. The minimum absolute atomic E-state index is 0.0344. The van der Waals surface area contributed by atoms with E-state index in [9.17, 15) is 9.59 Å². The third kappa shape index (κ3) is 4.09. The zero-order chi connectivity index (χ0) is 20.3. The standard InChI is InChI=1S/C23H26N2O3/c1-5-28-20-11-9-19(10-12-20)25(23(27)15(2)3)14-18-13-17-8-6-7-16(4)21(17)24-22(18)26/h6-13,15H,5,14H2,1-4H3,(H,24,26). The van der Waals surface area contributed by atoms with Crippen LogP contribution < -0.4 is 15.2 Å². The summed E-state index contributed by atoms with van der Waals surface area (Å²) in [5.74, 6) is 0.531. The van der Waals surface area contributed by atoms with Crippen LogP contribution >= 0.6 is 0 Å². The van der Waals surface area contributed by atoms with Crippen LogP contribution in [0.4, 0.5) is 5.69 Å². The minimum Gasteiger partial charge on any atom is -0.494 e. The maximum Gasteiger partial charge on any atom is 0.253 e. The van der Waals surface area contributed by atoms with Crippen LogP contribution in [0.1, 0.15) is 31.9 Å². The van der Waals surface area contributed by atoms with E-state index in [0.717, 1.165) is 27.9 Å². The third-order valence-corrected chi connectivity index (χ3v) is 4.71. The first-order valence-electron chi connectivity index (χ1n) is 9.56. The number of pyridine rings is 1. The number of aromatic amines is 1. The number of ether oxygens (including phenoxy) is 1. The Balaban J connectivity index is 2.00. The van der Waals surface area contributed by atoms with Gasteiger partial charge in [-0.3, -0.25) is 9.59 Å². The summed E-state index contributed by atoms with van der Waals surface area (Å²) < 4.78 is 5.49. The van der Waals surface area contributed by atoms with Gasteiger partial charge in [0.15, 0.2) is 0 Å². The van der Waals surface area contributed by atoms with E-state index in [1.54, 1.807) is 4.90 Å². The molecule has 1 amide bonds. The molecule has 0 saturated carbocycles. The average Bonchev–Trinajstić information content (AvgIpc) is 2.67. The van der Waals surface area contributed by atoms with Crippen molar-refractivity contribution in [2.24, 2.45) is 5.92 Å². The van der Waals surface area contributed by atoms with Crippen molar-refractivity contribution >= 4 is 22.5 Å². The lowest BCUT2D eigenvalue weighted by Crippen LogP contribution is -2.35. The molecule has 0 bridgehead atoms. The number of carbonyl (C=O) groups excluding carboxylic acids is 1. The maximum absolute atomic E-state index is 12.9. The fraction of sp³-hybridized carbons (Fsp3) is 0.304. The number of benzene rings is 2. The van der Waals surface area contributed by atoms with Gasteiger partial charge in [-0.2, -0.15) is 0 Å². The van der Waals surface area contributed by atoms with E-state index in [1.807, 2.05) is 76.2 Å². The number of hydrogen-bond acceptors (Lipinski definition) is 3. The number of para-hydroxylation sites is 1. The zero-order valence-corrected chi connectivity index (χ0v) is 16.8. The second kappa shape index (κ2) is 8.30.